The van der Waals surface area contributed by atoms with Gasteiger partial charge in [0, 0.05) is 16.4 Å². The molecule has 2 N–H and O–H groups in total. The highest BCUT2D eigenvalue weighted by molar-refractivity contribution is 7.92. The van der Waals surface area contributed by atoms with Crippen molar-refractivity contribution in [2.24, 2.45) is 0 Å². The van der Waals surface area contributed by atoms with Crippen LogP contribution in [0.3, 0.4) is 0 Å². The van der Waals surface area contributed by atoms with Gasteiger partial charge in [0.15, 0.2) is 0 Å². The Bertz CT molecular complexity index is 774. The lowest BCUT2D eigenvalue weighted by molar-refractivity contribution is 0.168. The van der Waals surface area contributed by atoms with Crippen LogP contribution in [0.15, 0.2) is 53.4 Å². The third-order valence-electron chi connectivity index (χ3n) is 2.78. The van der Waals surface area contributed by atoms with E-state index in [2.05, 4.69) is 10.0 Å². The molecule has 0 aromatic heterocycles. The second-order valence-corrected chi connectivity index (χ2v) is 6.60. The summed E-state index contributed by atoms with van der Waals surface area (Å²) in [7, 11) is -3.72. The maximum atomic E-state index is 12.3. The average molecular weight is 355 g/mol. The Morgan fingerprint density at radius 1 is 1.04 bits per heavy atom. The van der Waals surface area contributed by atoms with Crippen LogP contribution in [0.1, 0.15) is 6.92 Å². The minimum atomic E-state index is -3.72. The third-order valence-corrected chi connectivity index (χ3v) is 4.43. The fraction of sp³-hybridized carbons (Fsp3) is 0.133. The molecule has 0 unspecified atom stereocenters. The summed E-state index contributed by atoms with van der Waals surface area (Å²) in [5.74, 6) is 0. The molecule has 2 aromatic carbocycles. The molecule has 8 heteroatoms. The van der Waals surface area contributed by atoms with Crippen molar-refractivity contribution >= 4 is 39.1 Å². The van der Waals surface area contributed by atoms with Crippen LogP contribution in [0.5, 0.6) is 0 Å². The van der Waals surface area contributed by atoms with Crippen LogP contribution >= 0.6 is 11.6 Å². The highest BCUT2D eigenvalue weighted by Crippen LogP contribution is 2.20. The summed E-state index contributed by atoms with van der Waals surface area (Å²) in [6.45, 7) is 1.95. The van der Waals surface area contributed by atoms with Crippen LogP contribution in [0.25, 0.3) is 0 Å². The predicted molar refractivity (Wildman–Crippen MR) is 89.3 cm³/mol. The van der Waals surface area contributed by atoms with Crippen molar-refractivity contribution in [2.75, 3.05) is 16.6 Å². The molecule has 0 saturated heterocycles. The largest absolute Gasteiger partial charge is 0.450 e. The quantitative estimate of drug-likeness (QED) is 0.857. The molecule has 0 aliphatic carbocycles. The lowest BCUT2D eigenvalue weighted by Gasteiger charge is -2.09. The highest BCUT2D eigenvalue weighted by Gasteiger charge is 2.14. The topological polar surface area (TPSA) is 84.5 Å². The first-order valence-electron chi connectivity index (χ1n) is 6.73. The van der Waals surface area contributed by atoms with E-state index < -0.39 is 16.1 Å². The molecule has 0 fully saturated rings. The Kier molecular flexibility index (Phi) is 5.46. The number of sulfonamides is 1. The van der Waals surface area contributed by atoms with E-state index in [9.17, 15) is 13.2 Å². The van der Waals surface area contributed by atoms with Crippen LogP contribution in [-0.2, 0) is 14.8 Å². The number of benzene rings is 2. The van der Waals surface area contributed by atoms with Gasteiger partial charge in [0.2, 0.25) is 0 Å². The van der Waals surface area contributed by atoms with E-state index in [4.69, 9.17) is 16.3 Å². The minimum Gasteiger partial charge on any atom is -0.450 e. The van der Waals surface area contributed by atoms with Gasteiger partial charge < -0.3 is 4.74 Å². The SMILES string of the molecule is CCOC(=O)Nc1ccc(S(=O)(=O)Nc2ccc(Cl)cc2)cc1. The second-order valence-electron chi connectivity index (χ2n) is 4.48. The molecule has 2 rings (SSSR count). The van der Waals surface area contributed by atoms with E-state index in [1.807, 2.05) is 0 Å². The first kappa shape index (κ1) is 17.1. The van der Waals surface area contributed by atoms with E-state index in [0.29, 0.717) is 16.4 Å². The fourth-order valence-corrected chi connectivity index (χ4v) is 2.92. The van der Waals surface area contributed by atoms with E-state index >= 15 is 0 Å². The summed E-state index contributed by atoms with van der Waals surface area (Å²) >= 11 is 5.76. The summed E-state index contributed by atoms with van der Waals surface area (Å²) in [4.78, 5) is 11.4. The van der Waals surface area contributed by atoms with Gasteiger partial charge in [-0.2, -0.15) is 0 Å². The Morgan fingerprint density at radius 3 is 2.17 bits per heavy atom. The molecule has 0 spiro atoms. The summed E-state index contributed by atoms with van der Waals surface area (Å²) in [5.41, 5.74) is 0.844. The summed E-state index contributed by atoms with van der Waals surface area (Å²) in [6.07, 6.45) is -0.595. The van der Waals surface area contributed by atoms with Gasteiger partial charge in [0.25, 0.3) is 10.0 Å². The van der Waals surface area contributed by atoms with Crippen LogP contribution in [0, 0.1) is 0 Å². The number of ether oxygens (including phenoxy) is 1. The van der Waals surface area contributed by atoms with Crippen LogP contribution < -0.4 is 10.0 Å². The Morgan fingerprint density at radius 2 is 1.61 bits per heavy atom. The van der Waals surface area contributed by atoms with Gasteiger partial charge in [-0.25, -0.2) is 13.2 Å². The first-order chi connectivity index (χ1) is 10.9. The van der Waals surface area contributed by atoms with Gasteiger partial charge in [0.1, 0.15) is 0 Å². The molecule has 23 heavy (non-hydrogen) atoms. The molecule has 0 heterocycles. The van der Waals surface area contributed by atoms with Crippen molar-refractivity contribution in [2.45, 2.75) is 11.8 Å². The lowest BCUT2D eigenvalue weighted by Crippen LogP contribution is -2.14. The maximum Gasteiger partial charge on any atom is 0.411 e. The average Bonchev–Trinajstić information content (AvgIpc) is 2.50. The predicted octanol–water partition coefficient (Wildman–Crippen LogP) is 3.71. The van der Waals surface area contributed by atoms with E-state index in [1.165, 1.54) is 24.3 Å². The Balaban J connectivity index is 2.11. The third kappa shape index (κ3) is 4.87. The molecule has 0 aliphatic rings. The van der Waals surface area contributed by atoms with Crippen molar-refractivity contribution in [1.29, 1.82) is 0 Å². The number of carbonyl (C=O) groups excluding carboxylic acids is 1. The molecule has 2 aromatic rings. The molecular weight excluding hydrogens is 340 g/mol. The van der Waals surface area contributed by atoms with Gasteiger partial charge in [-0.3, -0.25) is 10.0 Å². The highest BCUT2D eigenvalue weighted by atomic mass is 35.5. The molecule has 1 amide bonds. The Hall–Kier alpha value is -2.25. The monoisotopic (exact) mass is 354 g/mol. The number of carbonyl (C=O) groups is 1. The molecule has 0 bridgehead atoms. The van der Waals surface area contributed by atoms with Gasteiger partial charge >= 0.3 is 6.09 Å². The smallest absolute Gasteiger partial charge is 0.411 e. The zero-order chi connectivity index (χ0) is 16.9. The minimum absolute atomic E-state index is 0.0712. The van der Waals surface area contributed by atoms with Crippen molar-refractivity contribution in [3.05, 3.63) is 53.6 Å². The molecule has 6 nitrogen and oxygen atoms in total. The molecule has 0 saturated carbocycles. The zero-order valence-corrected chi connectivity index (χ0v) is 13.8. The van der Waals surface area contributed by atoms with E-state index in [1.54, 1.807) is 31.2 Å². The van der Waals surface area contributed by atoms with Gasteiger partial charge in [0.05, 0.1) is 11.5 Å². The second kappa shape index (κ2) is 7.34. The first-order valence-corrected chi connectivity index (χ1v) is 8.59. The van der Waals surface area contributed by atoms with E-state index in [0.717, 1.165) is 0 Å². The number of halogens is 1. The number of hydrogen-bond donors (Lipinski definition) is 2. The van der Waals surface area contributed by atoms with Crippen molar-refractivity contribution < 1.29 is 17.9 Å². The number of hydrogen-bond acceptors (Lipinski definition) is 4. The number of rotatable bonds is 5. The summed E-state index contributed by atoms with van der Waals surface area (Å²) < 4.78 is 31.7. The number of anilines is 2. The molecular formula is C15H15ClN2O4S. The fourth-order valence-electron chi connectivity index (χ4n) is 1.73. The van der Waals surface area contributed by atoms with Crippen LogP contribution in [0.2, 0.25) is 5.02 Å². The Labute approximate surface area is 139 Å². The van der Waals surface area contributed by atoms with Gasteiger partial charge in [-0.05, 0) is 55.5 Å². The molecule has 0 aliphatic heterocycles. The van der Waals surface area contributed by atoms with E-state index in [-0.39, 0.29) is 11.5 Å². The number of nitrogens with one attached hydrogen (secondary N) is 2. The summed E-state index contributed by atoms with van der Waals surface area (Å²) in [5, 5.41) is 3.00. The lowest BCUT2D eigenvalue weighted by atomic mass is 10.3. The molecule has 122 valence electrons. The normalized spacial score (nSPS) is 10.9. The van der Waals surface area contributed by atoms with Crippen LogP contribution in [0.4, 0.5) is 16.2 Å². The van der Waals surface area contributed by atoms with Gasteiger partial charge in [-0.15, -0.1) is 0 Å². The van der Waals surface area contributed by atoms with Crippen molar-refractivity contribution in [3.63, 3.8) is 0 Å². The van der Waals surface area contributed by atoms with Gasteiger partial charge in [-0.1, -0.05) is 11.6 Å². The van der Waals surface area contributed by atoms with Crippen LogP contribution in [-0.4, -0.2) is 21.1 Å². The van der Waals surface area contributed by atoms with Crippen molar-refractivity contribution in [1.82, 2.24) is 0 Å². The number of amides is 1. The standard InChI is InChI=1S/C15H15ClN2O4S/c1-2-22-15(19)17-12-7-9-14(10-8-12)23(20,21)18-13-5-3-11(16)4-6-13/h3-10,18H,2H2,1H3,(H,17,19). The molecule has 0 atom stereocenters. The van der Waals surface area contributed by atoms with Crippen molar-refractivity contribution in [3.8, 4) is 0 Å². The maximum absolute atomic E-state index is 12.3. The zero-order valence-electron chi connectivity index (χ0n) is 12.2. The molecule has 0 radical (unpaired) electrons. The summed E-state index contributed by atoms with van der Waals surface area (Å²) in [6, 6.07) is 12.0.